The highest BCUT2D eigenvalue weighted by atomic mass is 32.2. The van der Waals surface area contributed by atoms with Gasteiger partial charge in [-0.15, -0.1) is 0 Å². The van der Waals surface area contributed by atoms with Gasteiger partial charge in [-0.05, 0) is 25.0 Å². The third-order valence-corrected chi connectivity index (χ3v) is 5.21. The van der Waals surface area contributed by atoms with Crippen LogP contribution in [0.1, 0.15) is 38.2 Å². The molecule has 1 aliphatic rings. The highest BCUT2D eigenvalue weighted by molar-refractivity contribution is 7.98. The predicted molar refractivity (Wildman–Crippen MR) is 99.0 cm³/mol. The third-order valence-electron chi connectivity index (χ3n) is 4.66. The van der Waals surface area contributed by atoms with Gasteiger partial charge < -0.3 is 5.32 Å². The molecule has 0 spiro atoms. The molecule has 0 radical (unpaired) electrons. The van der Waals surface area contributed by atoms with Gasteiger partial charge in [0, 0.05) is 11.6 Å². The second-order valence-corrected chi connectivity index (χ2v) is 7.05. The lowest BCUT2D eigenvalue weighted by atomic mass is 9.86. The van der Waals surface area contributed by atoms with Crippen LogP contribution in [0.4, 0.5) is 5.82 Å². The number of rotatable bonds is 4. The Hall–Kier alpha value is -2.06. The molecule has 1 aromatic heterocycles. The molecule has 0 bridgehead atoms. The van der Waals surface area contributed by atoms with Gasteiger partial charge in [-0.3, -0.25) is 0 Å². The Morgan fingerprint density at radius 1 is 1.17 bits per heavy atom. The van der Waals surface area contributed by atoms with Crippen molar-refractivity contribution >= 4 is 17.6 Å². The number of benzene rings is 1. The minimum atomic E-state index is 0.374. The minimum absolute atomic E-state index is 0.374. The highest BCUT2D eigenvalue weighted by Crippen LogP contribution is 2.31. The first-order valence-electron chi connectivity index (χ1n) is 8.41. The molecule has 2 aromatic rings. The molecule has 0 saturated heterocycles. The monoisotopic (exact) mass is 338 g/mol. The zero-order valence-corrected chi connectivity index (χ0v) is 14.9. The number of thioether (sulfide) groups is 1. The summed E-state index contributed by atoms with van der Waals surface area (Å²) in [6, 6.07) is 12.6. The number of nitrogens with zero attached hydrogens (tertiary/aromatic N) is 3. The first kappa shape index (κ1) is 16.8. The van der Waals surface area contributed by atoms with E-state index in [1.165, 1.54) is 31.0 Å². The Kier molecular flexibility index (Phi) is 5.37. The summed E-state index contributed by atoms with van der Waals surface area (Å²) in [5.74, 6) is 1.27. The second kappa shape index (κ2) is 7.67. The van der Waals surface area contributed by atoms with E-state index in [0.717, 1.165) is 12.0 Å². The molecule has 1 N–H and O–H groups in total. The molecule has 1 fully saturated rings. The number of nitriles is 1. The Morgan fingerprint density at radius 3 is 2.58 bits per heavy atom. The first-order valence-corrected chi connectivity index (χ1v) is 9.63. The summed E-state index contributed by atoms with van der Waals surface area (Å²) in [5, 5.41) is 14.0. The lowest BCUT2D eigenvalue weighted by Gasteiger charge is -2.30. The number of hydrogen-bond donors (Lipinski definition) is 1. The predicted octanol–water partition coefficient (Wildman–Crippen LogP) is 4.73. The largest absolute Gasteiger partial charge is 0.366 e. The van der Waals surface area contributed by atoms with E-state index >= 15 is 0 Å². The van der Waals surface area contributed by atoms with Crippen molar-refractivity contribution in [2.45, 2.75) is 43.8 Å². The summed E-state index contributed by atoms with van der Waals surface area (Å²) in [6.45, 7) is 2.28. The molecule has 0 unspecified atom stereocenters. The van der Waals surface area contributed by atoms with Gasteiger partial charge in [-0.1, -0.05) is 61.9 Å². The van der Waals surface area contributed by atoms with Crippen LogP contribution in [0.5, 0.6) is 0 Å². The van der Waals surface area contributed by atoms with Crippen LogP contribution >= 0.6 is 11.8 Å². The Bertz CT molecular complexity index is 739. The van der Waals surface area contributed by atoms with Gasteiger partial charge >= 0.3 is 0 Å². The molecule has 4 nitrogen and oxygen atoms in total. The summed E-state index contributed by atoms with van der Waals surface area (Å²) < 4.78 is 0. The van der Waals surface area contributed by atoms with Crippen LogP contribution in [0.3, 0.4) is 0 Å². The van der Waals surface area contributed by atoms with E-state index in [1.54, 1.807) is 0 Å². The summed E-state index contributed by atoms with van der Waals surface area (Å²) in [7, 11) is 0. The van der Waals surface area contributed by atoms with E-state index < -0.39 is 0 Å². The zero-order valence-electron chi connectivity index (χ0n) is 14.1. The van der Waals surface area contributed by atoms with E-state index in [2.05, 4.69) is 28.3 Å². The molecular formula is C19H22N4S. The van der Waals surface area contributed by atoms with Crippen molar-refractivity contribution in [3.05, 3.63) is 35.9 Å². The smallest absolute Gasteiger partial charge is 0.189 e. The van der Waals surface area contributed by atoms with E-state index in [0.29, 0.717) is 34.2 Å². The maximum atomic E-state index is 9.74. The zero-order chi connectivity index (χ0) is 16.9. The standard InChI is InChI=1S/C19H22N4S/c1-13-8-6-7-11-16(13)21-18-15(12-20)17(22-19(23-18)24-2)14-9-4-3-5-10-14/h3-5,9-10,13,16H,6-8,11H2,1-2H3,(H,21,22,23)/t13-,16-/m1/s1. The van der Waals surface area contributed by atoms with Gasteiger partial charge in [0.1, 0.15) is 17.5 Å². The second-order valence-electron chi connectivity index (χ2n) is 6.27. The van der Waals surface area contributed by atoms with Crippen LogP contribution in [0.15, 0.2) is 35.5 Å². The summed E-state index contributed by atoms with van der Waals surface area (Å²) in [6.07, 6.45) is 6.84. The van der Waals surface area contributed by atoms with E-state index in [9.17, 15) is 5.26 Å². The van der Waals surface area contributed by atoms with Crippen LogP contribution in [0.2, 0.25) is 0 Å². The van der Waals surface area contributed by atoms with Crippen molar-refractivity contribution in [3.63, 3.8) is 0 Å². The molecule has 0 aliphatic heterocycles. The summed E-state index contributed by atoms with van der Waals surface area (Å²) in [4.78, 5) is 9.19. The number of anilines is 1. The Balaban J connectivity index is 2.03. The Labute approximate surface area is 147 Å². The minimum Gasteiger partial charge on any atom is -0.366 e. The van der Waals surface area contributed by atoms with Crippen molar-refractivity contribution in [1.29, 1.82) is 5.26 Å². The third kappa shape index (κ3) is 3.54. The lowest BCUT2D eigenvalue weighted by molar-refractivity contribution is 0.349. The molecular weight excluding hydrogens is 316 g/mol. The van der Waals surface area contributed by atoms with Crippen molar-refractivity contribution in [2.75, 3.05) is 11.6 Å². The van der Waals surface area contributed by atoms with Crippen molar-refractivity contribution in [1.82, 2.24) is 9.97 Å². The maximum Gasteiger partial charge on any atom is 0.189 e. The van der Waals surface area contributed by atoms with Gasteiger partial charge in [-0.2, -0.15) is 5.26 Å². The quantitative estimate of drug-likeness (QED) is 0.645. The molecule has 1 heterocycles. The molecule has 3 rings (SSSR count). The van der Waals surface area contributed by atoms with Crippen LogP contribution in [0.25, 0.3) is 11.3 Å². The highest BCUT2D eigenvalue weighted by Gasteiger charge is 2.24. The van der Waals surface area contributed by atoms with Gasteiger partial charge in [0.2, 0.25) is 0 Å². The Morgan fingerprint density at radius 2 is 1.92 bits per heavy atom. The van der Waals surface area contributed by atoms with Gasteiger partial charge in [-0.25, -0.2) is 9.97 Å². The number of nitrogens with one attached hydrogen (secondary N) is 1. The molecule has 5 heteroatoms. The van der Waals surface area contributed by atoms with Crippen molar-refractivity contribution in [2.24, 2.45) is 5.92 Å². The summed E-state index contributed by atoms with van der Waals surface area (Å²) >= 11 is 1.50. The number of aromatic nitrogens is 2. The average molecular weight is 338 g/mol. The molecule has 1 aromatic carbocycles. The first-order chi connectivity index (χ1) is 11.7. The number of hydrogen-bond acceptors (Lipinski definition) is 5. The fourth-order valence-corrected chi connectivity index (χ4v) is 3.62. The van der Waals surface area contributed by atoms with Crippen molar-refractivity contribution in [3.8, 4) is 17.3 Å². The fraction of sp³-hybridized carbons (Fsp3) is 0.421. The lowest BCUT2D eigenvalue weighted by Crippen LogP contribution is -2.31. The van der Waals surface area contributed by atoms with Gasteiger partial charge in [0.25, 0.3) is 0 Å². The van der Waals surface area contributed by atoms with Crippen LogP contribution in [0, 0.1) is 17.2 Å². The normalized spacial score (nSPS) is 20.4. The van der Waals surface area contributed by atoms with Gasteiger partial charge in [0.15, 0.2) is 5.16 Å². The van der Waals surface area contributed by atoms with Crippen LogP contribution < -0.4 is 5.32 Å². The molecule has 0 amide bonds. The van der Waals surface area contributed by atoms with E-state index in [4.69, 9.17) is 0 Å². The molecule has 2 atom stereocenters. The fourth-order valence-electron chi connectivity index (χ4n) is 3.25. The van der Waals surface area contributed by atoms with Gasteiger partial charge in [0.05, 0.1) is 5.69 Å². The molecule has 24 heavy (non-hydrogen) atoms. The topological polar surface area (TPSA) is 61.6 Å². The maximum absolute atomic E-state index is 9.74. The van der Waals surface area contributed by atoms with Crippen molar-refractivity contribution < 1.29 is 0 Å². The molecule has 1 saturated carbocycles. The van der Waals surface area contributed by atoms with E-state index in [-0.39, 0.29) is 0 Å². The SMILES string of the molecule is CSc1nc(N[C@@H]2CCCC[C@H]2C)c(C#N)c(-c2ccccc2)n1. The van der Waals surface area contributed by atoms with Crippen LogP contribution in [-0.4, -0.2) is 22.3 Å². The average Bonchev–Trinajstić information content (AvgIpc) is 2.63. The summed E-state index contributed by atoms with van der Waals surface area (Å²) in [5.41, 5.74) is 2.20. The van der Waals surface area contributed by atoms with E-state index in [1.807, 2.05) is 36.6 Å². The molecule has 124 valence electrons. The van der Waals surface area contributed by atoms with Crippen LogP contribution in [-0.2, 0) is 0 Å². The molecule has 1 aliphatic carbocycles.